The number of fused-ring (bicyclic) bond motifs is 9. The molecule has 5 aliphatic heterocycles. The van der Waals surface area contributed by atoms with E-state index in [0.717, 1.165) is 86.8 Å². The number of methoxy groups -OCH3 is 3. The van der Waals surface area contributed by atoms with Gasteiger partial charge < -0.3 is 88.4 Å². The molecule has 6 heterocycles. The minimum absolute atomic E-state index is 0.00657. The molecular weight excluding hydrogens is 1520 g/mol. The molecule has 1 saturated carbocycles. The quantitative estimate of drug-likeness (QED) is 0.0226. The van der Waals surface area contributed by atoms with Crippen LogP contribution < -0.4 is 54.8 Å². The molecule has 5 atom stereocenters. The highest BCUT2D eigenvalue weighted by atomic mass is 16.6. The SMILES string of the molecule is COc1ccc(C2=CN3C(=O)c4cc(OC)c(OCCCOc5cc6c(cc5OC)C(=O)N5CC7(CC7)C[C@H]5C(O)N6C(=O)OCc5ccc(NC(=O)[C@H](C)NC(=O)[C@@H](NC(=O)CCOCCOCCOCCOCCC(=O)NCCC(=O)N6Cc7ccccc7-c7nnn(C(C)C)c7-c7ccccc76)C(C)C)cc5)cc4CC[C@@H]3C2)cc1. The number of para-hydroxylation sites is 1. The number of carbonyl (C=O) groups is 8. The van der Waals surface area contributed by atoms with Crippen molar-refractivity contribution in [2.45, 2.75) is 148 Å². The van der Waals surface area contributed by atoms with Crippen LogP contribution in [0.2, 0.25) is 0 Å². The molecule has 0 bridgehead atoms. The van der Waals surface area contributed by atoms with E-state index in [0.29, 0.717) is 67.3 Å². The average molecular weight is 1620 g/mol. The first-order valence-electron chi connectivity index (χ1n) is 40.4. The fourth-order valence-corrected chi connectivity index (χ4v) is 15.6. The smallest absolute Gasteiger partial charge is 0.416 e. The third kappa shape index (κ3) is 19.9. The zero-order valence-electron chi connectivity index (χ0n) is 68.1. The Labute approximate surface area is 686 Å². The predicted molar refractivity (Wildman–Crippen MR) is 437 cm³/mol. The van der Waals surface area contributed by atoms with Gasteiger partial charge in [-0.3, -0.25) is 33.6 Å². The maximum atomic E-state index is 14.5. The maximum absolute atomic E-state index is 14.5. The van der Waals surface area contributed by atoms with Crippen LogP contribution in [0.5, 0.6) is 28.7 Å². The lowest BCUT2D eigenvalue weighted by atomic mass is 9.95. The van der Waals surface area contributed by atoms with Crippen molar-refractivity contribution in [3.05, 3.63) is 161 Å². The van der Waals surface area contributed by atoms with Crippen LogP contribution in [-0.2, 0) is 67.2 Å². The third-order valence-electron chi connectivity index (χ3n) is 22.2. The molecule has 1 saturated heterocycles. The zero-order valence-corrected chi connectivity index (χ0v) is 68.1. The van der Waals surface area contributed by atoms with Crippen molar-refractivity contribution in [3.63, 3.8) is 0 Å². The standard InChI is InChI=1S/C88H105N11O19/c1-54(2)79(92-77(101)30-37-113-39-41-115-43-42-114-40-38-112-36-29-76(100)89-33-28-78(102)96-50-60-14-9-10-15-65(60)80-81(99(55(3)4)94-93-80)66-16-11-12-17-69(66)96)83(104)90-56(5)82(103)91-62-23-18-57(19-24-62)52-118-87(108)98-70-48-75(73(111-8)47-68(70)85(106)97-53-88(31-32-88)49-71(97)86(98)107)117-35-13-34-116-74-45-59-20-25-63-44-61(58-21-26-64(109-6)27-22-58)51-95(63)84(105)67(59)46-72(74)110-7/h9-12,14-19,21-24,26-27,45-48,51,54-56,63,71,79,86,107H,13,20,25,28-44,49-50,52-53H2,1-8H3,(H,89,100)(H,90,104)(H,91,103)(H,92,101)/t56-,63+,71-,79-,86?/m0/s1. The highest BCUT2D eigenvalue weighted by molar-refractivity contribution is 6.07. The summed E-state index contributed by atoms with van der Waals surface area (Å²) in [5.41, 5.74) is 9.63. The Kier molecular flexibility index (Phi) is 27.7. The van der Waals surface area contributed by atoms with Crippen molar-refractivity contribution in [2.75, 3.05) is 116 Å². The second-order valence-electron chi connectivity index (χ2n) is 31.0. The van der Waals surface area contributed by atoms with Gasteiger partial charge in [0.1, 0.15) is 30.1 Å². The number of aryl methyl sites for hydroxylation is 1. The number of ether oxygens (including phenoxy) is 10. The van der Waals surface area contributed by atoms with Gasteiger partial charge in [0.2, 0.25) is 29.5 Å². The molecule has 30 heteroatoms. The molecular formula is C88H105N11O19. The second kappa shape index (κ2) is 38.8. The van der Waals surface area contributed by atoms with E-state index in [2.05, 4.69) is 31.6 Å². The third-order valence-corrected chi connectivity index (χ3v) is 22.2. The Morgan fingerprint density at radius 3 is 1.93 bits per heavy atom. The second-order valence-corrected chi connectivity index (χ2v) is 31.0. The summed E-state index contributed by atoms with van der Waals surface area (Å²) < 4.78 is 59.7. The number of nitrogens with zero attached hydrogens (tertiary/aromatic N) is 7. The molecule has 13 rings (SSSR count). The summed E-state index contributed by atoms with van der Waals surface area (Å²) in [6.07, 6.45) is 4.56. The number of aliphatic hydroxyl groups is 1. The molecule has 7 aromatic rings. The number of nitrogens with one attached hydrogen (secondary N) is 4. The average Bonchev–Trinajstić information content (AvgIpc) is 1.56. The molecule has 1 spiro atoms. The summed E-state index contributed by atoms with van der Waals surface area (Å²) in [6, 6.07) is 34.0. The van der Waals surface area contributed by atoms with Gasteiger partial charge in [0.25, 0.3) is 11.8 Å². The molecule has 6 aromatic carbocycles. The van der Waals surface area contributed by atoms with Gasteiger partial charge in [-0.05, 0) is 147 Å². The first-order valence-corrected chi connectivity index (χ1v) is 40.4. The Bertz CT molecular complexity index is 4810. The van der Waals surface area contributed by atoms with Crippen LogP contribution in [0.4, 0.5) is 21.9 Å². The zero-order chi connectivity index (χ0) is 83.2. The van der Waals surface area contributed by atoms with E-state index in [1.54, 1.807) is 61.1 Å². The molecule has 0 radical (unpaired) electrons. The Morgan fingerprint density at radius 2 is 1.27 bits per heavy atom. The highest BCUT2D eigenvalue weighted by Gasteiger charge is 2.58. The van der Waals surface area contributed by atoms with Crippen molar-refractivity contribution in [3.8, 4) is 51.3 Å². The van der Waals surface area contributed by atoms with Gasteiger partial charge in [0.05, 0.1) is 123 Å². The number of anilines is 3. The van der Waals surface area contributed by atoms with Crippen molar-refractivity contribution >= 4 is 70.1 Å². The van der Waals surface area contributed by atoms with E-state index in [9.17, 15) is 43.5 Å². The number of hydrogen-bond donors (Lipinski definition) is 5. The number of aliphatic hydroxyl groups excluding tert-OH is 1. The van der Waals surface area contributed by atoms with E-state index >= 15 is 0 Å². The van der Waals surface area contributed by atoms with Crippen molar-refractivity contribution in [1.29, 1.82) is 0 Å². The van der Waals surface area contributed by atoms with Crippen molar-refractivity contribution in [2.24, 2.45) is 11.3 Å². The lowest BCUT2D eigenvalue weighted by Gasteiger charge is -2.31. The molecule has 1 unspecified atom stereocenters. The van der Waals surface area contributed by atoms with Gasteiger partial charge >= 0.3 is 6.09 Å². The van der Waals surface area contributed by atoms with Crippen LogP contribution in [0.25, 0.3) is 28.1 Å². The molecule has 30 nitrogen and oxygen atoms in total. The Balaban J connectivity index is 0.498. The van der Waals surface area contributed by atoms with Crippen molar-refractivity contribution < 1.29 is 90.8 Å². The van der Waals surface area contributed by atoms with E-state index in [1.165, 1.54) is 33.3 Å². The minimum atomic E-state index is -1.48. The lowest BCUT2D eigenvalue weighted by molar-refractivity contribution is -0.132. The van der Waals surface area contributed by atoms with E-state index in [1.807, 2.05) is 108 Å². The minimum Gasteiger partial charge on any atom is -0.497 e. The number of carbonyl (C=O) groups excluding carboxylic acids is 8. The maximum Gasteiger partial charge on any atom is 0.416 e. The summed E-state index contributed by atoms with van der Waals surface area (Å²) in [7, 11) is 4.62. The van der Waals surface area contributed by atoms with Crippen molar-refractivity contribution in [1.82, 2.24) is 40.7 Å². The number of aromatic nitrogens is 3. The monoisotopic (exact) mass is 1620 g/mol. The summed E-state index contributed by atoms with van der Waals surface area (Å²) in [5, 5.41) is 32.4. The van der Waals surface area contributed by atoms with Gasteiger partial charge in [-0.15, -0.1) is 5.10 Å². The van der Waals surface area contributed by atoms with Crippen LogP contribution in [0, 0.1) is 11.3 Å². The highest BCUT2D eigenvalue weighted by Crippen LogP contribution is 2.57. The molecule has 5 N–H and O–H groups in total. The number of benzene rings is 6. The largest absolute Gasteiger partial charge is 0.497 e. The van der Waals surface area contributed by atoms with Gasteiger partial charge in [-0.1, -0.05) is 85.8 Å². The van der Waals surface area contributed by atoms with Gasteiger partial charge in [-0.25, -0.2) is 14.4 Å². The summed E-state index contributed by atoms with van der Waals surface area (Å²) in [4.78, 5) is 116. The summed E-state index contributed by atoms with van der Waals surface area (Å²) in [5.74, 6) is -0.555. The van der Waals surface area contributed by atoms with Gasteiger partial charge in [0.15, 0.2) is 29.2 Å². The van der Waals surface area contributed by atoms with Gasteiger partial charge in [-0.2, -0.15) is 0 Å². The van der Waals surface area contributed by atoms with Crippen LogP contribution in [0.1, 0.15) is 141 Å². The Morgan fingerprint density at radius 1 is 0.627 bits per heavy atom. The molecule has 1 aliphatic carbocycles. The van der Waals surface area contributed by atoms with Crippen LogP contribution >= 0.6 is 0 Å². The topological polar surface area (TPSA) is 341 Å². The predicted octanol–water partition coefficient (Wildman–Crippen LogP) is 10.2. The Hall–Kier alpha value is -11.4. The molecule has 118 heavy (non-hydrogen) atoms. The first kappa shape index (κ1) is 84.5. The number of rotatable bonds is 37. The van der Waals surface area contributed by atoms with E-state index in [4.69, 9.17) is 47.4 Å². The number of hydrogen-bond acceptors (Lipinski definition) is 21. The van der Waals surface area contributed by atoms with Crippen LogP contribution in [0.15, 0.2) is 128 Å². The molecule has 1 aromatic heterocycles. The summed E-state index contributed by atoms with van der Waals surface area (Å²) >= 11 is 0. The first-order chi connectivity index (χ1) is 57.1. The molecule has 6 aliphatic rings. The molecule has 8 amide bonds. The van der Waals surface area contributed by atoms with E-state index in [-0.39, 0.29) is 162 Å². The van der Waals surface area contributed by atoms with Crippen LogP contribution in [-0.4, -0.2) is 208 Å². The lowest BCUT2D eigenvalue weighted by Crippen LogP contribution is -2.53. The van der Waals surface area contributed by atoms with E-state index < -0.39 is 48.2 Å². The molecule has 626 valence electrons. The normalized spacial score (nSPS) is 17.2. The van der Waals surface area contributed by atoms with Gasteiger partial charge in [0, 0.05) is 85.5 Å². The molecule has 2 fully saturated rings. The number of amides is 8. The van der Waals surface area contributed by atoms with Crippen LogP contribution in [0.3, 0.4) is 0 Å². The summed E-state index contributed by atoms with van der Waals surface area (Å²) in [6.45, 7) is 12.0. The fraction of sp³-hybridized carbons (Fsp3) is 0.455. The fourth-order valence-electron chi connectivity index (χ4n) is 15.6.